The van der Waals surface area contributed by atoms with Crippen molar-refractivity contribution in [2.45, 2.75) is 25.3 Å². The first-order chi connectivity index (χ1) is 6.27. The average molecular weight is 187 g/mol. The lowest BCUT2D eigenvalue weighted by Gasteiger charge is -2.21. The van der Waals surface area contributed by atoms with Gasteiger partial charge >= 0.3 is 5.97 Å². The van der Waals surface area contributed by atoms with Crippen LogP contribution in [0.4, 0.5) is 0 Å². The average Bonchev–Trinajstić information content (AvgIpc) is 2.61. The molecule has 0 aliphatic carbocycles. The third kappa shape index (κ3) is 2.97. The van der Waals surface area contributed by atoms with Crippen molar-refractivity contribution in [3.63, 3.8) is 0 Å². The van der Waals surface area contributed by atoms with Crippen LogP contribution < -0.4 is 0 Å². The summed E-state index contributed by atoms with van der Waals surface area (Å²) >= 11 is 0. The van der Waals surface area contributed by atoms with Crippen molar-refractivity contribution < 1.29 is 14.6 Å². The van der Waals surface area contributed by atoms with E-state index < -0.39 is 0 Å². The van der Waals surface area contributed by atoms with Crippen LogP contribution in [-0.4, -0.2) is 48.8 Å². The predicted octanol–water partition coefficient (Wildman–Crippen LogP) is 0.00620. The lowest BCUT2D eigenvalue weighted by Crippen LogP contribution is -2.34. The number of aliphatic hydroxyl groups is 1. The van der Waals surface area contributed by atoms with Gasteiger partial charge in [0.2, 0.25) is 0 Å². The predicted molar refractivity (Wildman–Crippen MR) is 48.3 cm³/mol. The maximum Gasteiger partial charge on any atom is 0.306 e. The fourth-order valence-electron chi connectivity index (χ4n) is 1.73. The minimum atomic E-state index is -0.177. The van der Waals surface area contributed by atoms with E-state index in [1.54, 1.807) is 0 Å². The van der Waals surface area contributed by atoms with Crippen molar-refractivity contribution in [3.8, 4) is 0 Å². The molecule has 0 bridgehead atoms. The zero-order chi connectivity index (χ0) is 9.68. The van der Waals surface area contributed by atoms with Crippen molar-refractivity contribution in [1.82, 2.24) is 4.90 Å². The Hall–Kier alpha value is -0.610. The van der Waals surface area contributed by atoms with Gasteiger partial charge in [0.15, 0.2) is 0 Å². The Morgan fingerprint density at radius 3 is 3.08 bits per heavy atom. The van der Waals surface area contributed by atoms with E-state index in [4.69, 9.17) is 5.11 Å². The Bertz CT molecular complexity index is 172. The standard InChI is InChI=1S/C9H17NO3/c1-13-9(12)4-6-10-5-2-3-8(10)7-11/h8,11H,2-7H2,1H3/t8-/m0/s1. The summed E-state index contributed by atoms with van der Waals surface area (Å²) in [5.74, 6) is -0.177. The minimum absolute atomic E-state index is 0.177. The van der Waals surface area contributed by atoms with Gasteiger partial charge in [-0.05, 0) is 19.4 Å². The molecule has 1 atom stereocenters. The van der Waals surface area contributed by atoms with Gasteiger partial charge in [-0.15, -0.1) is 0 Å². The van der Waals surface area contributed by atoms with Crippen LogP contribution in [0.15, 0.2) is 0 Å². The quantitative estimate of drug-likeness (QED) is 0.630. The van der Waals surface area contributed by atoms with Crippen LogP contribution in [0.3, 0.4) is 0 Å². The zero-order valence-corrected chi connectivity index (χ0v) is 8.03. The molecule has 0 amide bonds. The molecule has 1 aliphatic heterocycles. The van der Waals surface area contributed by atoms with Crippen LogP contribution in [0.2, 0.25) is 0 Å². The van der Waals surface area contributed by atoms with Gasteiger partial charge in [0.05, 0.1) is 20.1 Å². The van der Waals surface area contributed by atoms with Gasteiger partial charge in [0, 0.05) is 12.6 Å². The number of ether oxygens (including phenoxy) is 1. The molecule has 1 rings (SSSR count). The molecule has 13 heavy (non-hydrogen) atoms. The molecular formula is C9H17NO3. The summed E-state index contributed by atoms with van der Waals surface area (Å²) < 4.78 is 4.55. The van der Waals surface area contributed by atoms with E-state index in [1.165, 1.54) is 7.11 Å². The highest BCUT2D eigenvalue weighted by Gasteiger charge is 2.23. The molecular weight excluding hydrogens is 170 g/mol. The number of carbonyl (C=O) groups is 1. The third-order valence-electron chi connectivity index (χ3n) is 2.54. The third-order valence-corrected chi connectivity index (χ3v) is 2.54. The van der Waals surface area contributed by atoms with Crippen molar-refractivity contribution in [3.05, 3.63) is 0 Å². The molecule has 1 heterocycles. The topological polar surface area (TPSA) is 49.8 Å². The highest BCUT2D eigenvalue weighted by Crippen LogP contribution is 2.16. The summed E-state index contributed by atoms with van der Waals surface area (Å²) in [5, 5.41) is 9.00. The monoisotopic (exact) mass is 187 g/mol. The smallest absolute Gasteiger partial charge is 0.306 e. The van der Waals surface area contributed by atoms with E-state index in [0.29, 0.717) is 13.0 Å². The summed E-state index contributed by atoms with van der Waals surface area (Å²) in [6.07, 6.45) is 2.58. The van der Waals surface area contributed by atoms with E-state index in [0.717, 1.165) is 19.4 Å². The van der Waals surface area contributed by atoms with Crippen LogP contribution in [0.25, 0.3) is 0 Å². The molecule has 1 saturated heterocycles. The van der Waals surface area contributed by atoms with E-state index in [1.807, 2.05) is 0 Å². The summed E-state index contributed by atoms with van der Waals surface area (Å²) in [4.78, 5) is 13.0. The molecule has 1 aliphatic rings. The second-order valence-corrected chi connectivity index (χ2v) is 3.34. The zero-order valence-electron chi connectivity index (χ0n) is 8.03. The fourth-order valence-corrected chi connectivity index (χ4v) is 1.73. The molecule has 4 heteroatoms. The maximum absolute atomic E-state index is 10.9. The van der Waals surface area contributed by atoms with Gasteiger partial charge in [0.1, 0.15) is 0 Å². The number of rotatable bonds is 4. The molecule has 0 aromatic carbocycles. The van der Waals surface area contributed by atoms with Gasteiger partial charge < -0.3 is 9.84 Å². The molecule has 1 fully saturated rings. The van der Waals surface area contributed by atoms with Crippen LogP contribution >= 0.6 is 0 Å². The van der Waals surface area contributed by atoms with Crippen LogP contribution in [0, 0.1) is 0 Å². The number of carbonyl (C=O) groups excluding carboxylic acids is 1. The van der Waals surface area contributed by atoms with Gasteiger partial charge in [-0.25, -0.2) is 0 Å². The second-order valence-electron chi connectivity index (χ2n) is 3.34. The number of aliphatic hydroxyl groups excluding tert-OH is 1. The number of esters is 1. The molecule has 0 spiro atoms. The minimum Gasteiger partial charge on any atom is -0.469 e. The van der Waals surface area contributed by atoms with Gasteiger partial charge in [-0.1, -0.05) is 0 Å². The van der Waals surface area contributed by atoms with E-state index in [9.17, 15) is 4.79 Å². The number of hydrogen-bond acceptors (Lipinski definition) is 4. The first-order valence-corrected chi connectivity index (χ1v) is 4.69. The van der Waals surface area contributed by atoms with E-state index in [-0.39, 0.29) is 18.6 Å². The van der Waals surface area contributed by atoms with Crippen molar-refractivity contribution >= 4 is 5.97 Å². The molecule has 0 unspecified atom stereocenters. The van der Waals surface area contributed by atoms with Crippen molar-refractivity contribution in [1.29, 1.82) is 0 Å². The van der Waals surface area contributed by atoms with Crippen LogP contribution in [0.1, 0.15) is 19.3 Å². The molecule has 0 saturated carbocycles. The highest BCUT2D eigenvalue weighted by atomic mass is 16.5. The molecule has 0 aromatic rings. The highest BCUT2D eigenvalue weighted by molar-refractivity contribution is 5.69. The molecule has 0 radical (unpaired) electrons. The first kappa shape index (κ1) is 10.5. The van der Waals surface area contributed by atoms with Gasteiger partial charge in [0.25, 0.3) is 0 Å². The Balaban J connectivity index is 2.23. The Morgan fingerprint density at radius 1 is 1.69 bits per heavy atom. The van der Waals surface area contributed by atoms with Crippen LogP contribution in [-0.2, 0) is 9.53 Å². The largest absolute Gasteiger partial charge is 0.469 e. The van der Waals surface area contributed by atoms with Crippen molar-refractivity contribution in [2.75, 3.05) is 26.8 Å². The number of hydrogen-bond donors (Lipinski definition) is 1. The maximum atomic E-state index is 10.9. The molecule has 76 valence electrons. The number of likely N-dealkylation sites (tertiary alicyclic amines) is 1. The fraction of sp³-hybridized carbons (Fsp3) is 0.889. The van der Waals surface area contributed by atoms with E-state index in [2.05, 4.69) is 9.64 Å². The summed E-state index contributed by atoms with van der Waals surface area (Å²) in [7, 11) is 1.40. The van der Waals surface area contributed by atoms with Crippen LogP contribution in [0.5, 0.6) is 0 Å². The second kappa shape index (κ2) is 5.19. The SMILES string of the molecule is COC(=O)CCN1CCC[C@H]1CO. The Labute approximate surface area is 78.5 Å². The normalized spacial score (nSPS) is 23.4. The number of methoxy groups -OCH3 is 1. The van der Waals surface area contributed by atoms with Gasteiger partial charge in [-0.2, -0.15) is 0 Å². The summed E-state index contributed by atoms with van der Waals surface area (Å²) in [6.45, 7) is 1.89. The Morgan fingerprint density at radius 2 is 2.46 bits per heavy atom. The lowest BCUT2D eigenvalue weighted by atomic mass is 10.2. The molecule has 0 aromatic heterocycles. The first-order valence-electron chi connectivity index (χ1n) is 4.69. The van der Waals surface area contributed by atoms with E-state index >= 15 is 0 Å². The molecule has 4 nitrogen and oxygen atoms in total. The molecule has 1 N–H and O–H groups in total. The van der Waals surface area contributed by atoms with Gasteiger partial charge in [-0.3, -0.25) is 9.69 Å². The summed E-state index contributed by atoms with van der Waals surface area (Å²) in [6, 6.07) is 0.254. The summed E-state index contributed by atoms with van der Waals surface area (Å²) in [5.41, 5.74) is 0. The number of nitrogens with zero attached hydrogens (tertiary/aromatic N) is 1. The van der Waals surface area contributed by atoms with Crippen molar-refractivity contribution in [2.24, 2.45) is 0 Å². The lowest BCUT2D eigenvalue weighted by molar-refractivity contribution is -0.141. The Kier molecular flexibility index (Phi) is 4.18.